The lowest BCUT2D eigenvalue weighted by Gasteiger charge is -2.01. The Morgan fingerprint density at radius 3 is 1.33 bits per heavy atom. The third-order valence-electron chi connectivity index (χ3n) is 1.97. The van der Waals surface area contributed by atoms with Gasteiger partial charge in [0.25, 0.3) is 0 Å². The first-order valence-corrected chi connectivity index (χ1v) is 8.10. The van der Waals surface area contributed by atoms with Crippen molar-refractivity contribution in [2.24, 2.45) is 0 Å². The molecule has 0 unspecified atom stereocenters. The molecule has 0 aliphatic rings. The molecule has 4 heteroatoms. The van der Waals surface area contributed by atoms with Crippen LogP contribution < -0.4 is 0 Å². The highest BCUT2D eigenvalue weighted by Crippen LogP contribution is 2.11. The molecule has 0 heterocycles. The highest BCUT2D eigenvalue weighted by molar-refractivity contribution is 8.00. The van der Waals surface area contributed by atoms with E-state index in [1.54, 1.807) is 0 Å². The highest BCUT2D eigenvalue weighted by atomic mass is 32.2. The van der Waals surface area contributed by atoms with E-state index in [2.05, 4.69) is 0 Å². The van der Waals surface area contributed by atoms with Crippen LogP contribution in [0.15, 0.2) is 0 Å². The minimum Gasteiger partial charge on any atom is -0.396 e. The van der Waals surface area contributed by atoms with Crippen molar-refractivity contribution in [2.75, 3.05) is 36.2 Å². The molecule has 0 saturated carbocycles. The van der Waals surface area contributed by atoms with Crippen molar-refractivity contribution < 1.29 is 10.2 Å². The number of unbranched alkanes of at least 4 members (excludes halogenated alkanes) is 2. The van der Waals surface area contributed by atoms with Crippen LogP contribution in [0.3, 0.4) is 0 Å². The maximum absolute atomic E-state index is 8.58. The molecule has 0 bridgehead atoms. The predicted molar refractivity (Wildman–Crippen MR) is 71.9 cm³/mol. The van der Waals surface area contributed by atoms with Gasteiger partial charge < -0.3 is 10.2 Å². The number of aliphatic hydroxyl groups excluding tert-OH is 2. The Labute approximate surface area is 102 Å². The zero-order valence-electron chi connectivity index (χ0n) is 9.49. The Bertz CT molecular complexity index is 101. The van der Waals surface area contributed by atoms with E-state index in [1.807, 2.05) is 23.5 Å². The number of thioether (sulfide) groups is 2. The van der Waals surface area contributed by atoms with Crippen LogP contribution in [0.1, 0.15) is 32.1 Å². The Morgan fingerprint density at radius 1 is 0.533 bits per heavy atom. The highest BCUT2D eigenvalue weighted by Gasteiger charge is 1.92. The fraction of sp³-hybridized carbons (Fsp3) is 1.00. The molecule has 0 aromatic heterocycles. The minimum atomic E-state index is 0.335. The van der Waals surface area contributed by atoms with Gasteiger partial charge in [-0.25, -0.2) is 0 Å². The molecule has 0 aliphatic heterocycles. The summed E-state index contributed by atoms with van der Waals surface area (Å²) in [7, 11) is 0. The monoisotopic (exact) mass is 252 g/mol. The summed E-state index contributed by atoms with van der Waals surface area (Å²) >= 11 is 3.99. The summed E-state index contributed by atoms with van der Waals surface area (Å²) in [6, 6.07) is 0. The fourth-order valence-electron chi connectivity index (χ4n) is 1.10. The molecule has 92 valence electrons. The third-order valence-corrected chi connectivity index (χ3v) is 4.28. The molecule has 0 spiro atoms. The number of hydrogen-bond acceptors (Lipinski definition) is 4. The van der Waals surface area contributed by atoms with Crippen LogP contribution in [-0.2, 0) is 0 Å². The molecule has 15 heavy (non-hydrogen) atoms. The number of rotatable bonds is 12. The lowest BCUT2D eigenvalue weighted by molar-refractivity contribution is 0.287. The van der Waals surface area contributed by atoms with Crippen molar-refractivity contribution in [2.45, 2.75) is 32.1 Å². The van der Waals surface area contributed by atoms with Crippen LogP contribution in [0.2, 0.25) is 0 Å². The van der Waals surface area contributed by atoms with E-state index < -0.39 is 0 Å². The zero-order chi connectivity index (χ0) is 11.2. The topological polar surface area (TPSA) is 40.5 Å². The zero-order valence-corrected chi connectivity index (χ0v) is 11.1. The van der Waals surface area contributed by atoms with Gasteiger partial charge in [-0.15, -0.1) is 0 Å². The molecule has 0 amide bonds. The van der Waals surface area contributed by atoms with Crippen molar-refractivity contribution in [1.29, 1.82) is 0 Å². The molecular weight excluding hydrogens is 228 g/mol. The first-order valence-electron chi connectivity index (χ1n) is 5.79. The molecule has 2 N–H and O–H groups in total. The Morgan fingerprint density at radius 2 is 0.933 bits per heavy atom. The first kappa shape index (κ1) is 15.6. The minimum absolute atomic E-state index is 0.335. The first-order chi connectivity index (χ1) is 7.41. The van der Waals surface area contributed by atoms with Gasteiger partial charge >= 0.3 is 0 Å². The maximum atomic E-state index is 8.58. The molecule has 0 rings (SSSR count). The fourth-order valence-corrected chi connectivity index (χ4v) is 3.20. The molecule has 2 nitrogen and oxygen atoms in total. The van der Waals surface area contributed by atoms with E-state index in [4.69, 9.17) is 10.2 Å². The summed E-state index contributed by atoms with van der Waals surface area (Å²) < 4.78 is 0. The van der Waals surface area contributed by atoms with Crippen molar-refractivity contribution in [1.82, 2.24) is 0 Å². The van der Waals surface area contributed by atoms with E-state index in [9.17, 15) is 0 Å². The quantitative estimate of drug-likeness (QED) is 0.523. The average Bonchev–Trinajstić information content (AvgIpc) is 2.26. The second kappa shape index (κ2) is 14.6. The largest absolute Gasteiger partial charge is 0.396 e. The molecule has 0 aromatic carbocycles. The summed E-state index contributed by atoms with van der Waals surface area (Å²) in [5.74, 6) is 4.88. The van der Waals surface area contributed by atoms with E-state index in [1.165, 1.54) is 29.4 Å². The average molecular weight is 252 g/mol. The second-order valence-corrected chi connectivity index (χ2v) is 5.89. The van der Waals surface area contributed by atoms with E-state index in [0.29, 0.717) is 13.2 Å². The van der Waals surface area contributed by atoms with Crippen LogP contribution in [0.5, 0.6) is 0 Å². The lowest BCUT2D eigenvalue weighted by atomic mass is 10.4. The van der Waals surface area contributed by atoms with Gasteiger partial charge in [-0.05, 0) is 55.1 Å². The van der Waals surface area contributed by atoms with E-state index >= 15 is 0 Å². The molecule has 0 fully saturated rings. The van der Waals surface area contributed by atoms with Gasteiger partial charge in [-0.3, -0.25) is 0 Å². The normalized spacial score (nSPS) is 10.8. The Balaban J connectivity index is 2.81. The Hall–Kier alpha value is 0.620. The van der Waals surface area contributed by atoms with Crippen LogP contribution in [0.4, 0.5) is 0 Å². The van der Waals surface area contributed by atoms with Gasteiger partial charge in [-0.1, -0.05) is 0 Å². The van der Waals surface area contributed by atoms with Crippen LogP contribution in [0.25, 0.3) is 0 Å². The van der Waals surface area contributed by atoms with Crippen LogP contribution in [0, 0.1) is 0 Å². The lowest BCUT2D eigenvalue weighted by Crippen LogP contribution is -1.91. The smallest absolute Gasteiger partial charge is 0.0431 e. The van der Waals surface area contributed by atoms with Crippen LogP contribution in [-0.4, -0.2) is 46.4 Å². The third kappa shape index (κ3) is 14.6. The maximum Gasteiger partial charge on any atom is 0.0431 e. The molecule has 0 radical (unpaired) electrons. The summed E-state index contributed by atoms with van der Waals surface area (Å²) in [5, 5.41) is 17.2. The van der Waals surface area contributed by atoms with Crippen molar-refractivity contribution in [3.63, 3.8) is 0 Å². The van der Waals surface area contributed by atoms with Gasteiger partial charge in [0.1, 0.15) is 0 Å². The predicted octanol–water partition coefficient (Wildman–Crippen LogP) is 2.39. The SMILES string of the molecule is OCCCCSCCCSCCCCO. The summed E-state index contributed by atoms with van der Waals surface area (Å²) in [6.45, 7) is 0.669. The molecule has 0 aliphatic carbocycles. The molecular formula is C11H24O2S2. The standard InChI is InChI=1S/C11H24O2S2/c12-6-1-3-8-14-10-5-11-15-9-4-2-7-13/h12-13H,1-11H2. The Kier molecular flexibility index (Phi) is 15.2. The number of aliphatic hydroxyl groups is 2. The second-order valence-electron chi connectivity index (χ2n) is 3.44. The molecule has 0 aromatic rings. The van der Waals surface area contributed by atoms with Gasteiger partial charge in [0.05, 0.1) is 0 Å². The van der Waals surface area contributed by atoms with Gasteiger partial charge in [0.2, 0.25) is 0 Å². The van der Waals surface area contributed by atoms with Crippen molar-refractivity contribution in [3.05, 3.63) is 0 Å². The van der Waals surface area contributed by atoms with Crippen LogP contribution >= 0.6 is 23.5 Å². The van der Waals surface area contributed by atoms with Gasteiger partial charge in [0, 0.05) is 13.2 Å². The number of hydrogen-bond donors (Lipinski definition) is 2. The van der Waals surface area contributed by atoms with E-state index in [-0.39, 0.29) is 0 Å². The molecule has 0 saturated heterocycles. The van der Waals surface area contributed by atoms with Crippen molar-refractivity contribution in [3.8, 4) is 0 Å². The molecule has 0 atom stereocenters. The summed E-state index contributed by atoms with van der Waals surface area (Å²) in [6.07, 6.45) is 5.47. The van der Waals surface area contributed by atoms with Gasteiger partial charge in [0.15, 0.2) is 0 Å². The van der Waals surface area contributed by atoms with Gasteiger partial charge in [-0.2, -0.15) is 23.5 Å². The van der Waals surface area contributed by atoms with Crippen molar-refractivity contribution >= 4 is 23.5 Å². The summed E-state index contributed by atoms with van der Waals surface area (Å²) in [5.41, 5.74) is 0. The summed E-state index contributed by atoms with van der Waals surface area (Å²) in [4.78, 5) is 0. The van der Waals surface area contributed by atoms with E-state index in [0.717, 1.165) is 25.7 Å².